The molecule has 0 fully saturated rings. The molecule has 320 valence electrons. The first kappa shape index (κ1) is 49.9. The first-order chi connectivity index (χ1) is 27.7. The number of unbranched alkanes of at least 4 members (excludes halogenated alkanes) is 34. The highest BCUT2D eigenvalue weighted by Crippen LogP contribution is 2.20. The van der Waals surface area contributed by atoms with Crippen LogP contribution in [0.3, 0.4) is 0 Å². The Kier molecular flexibility index (Phi) is 34.0. The number of carbonyl (C=O) groups is 1. The Labute approximate surface area is 348 Å². The smallest absolute Gasteiger partial charge is 0.395 e. The number of hydrogen-bond donors (Lipinski definition) is 0. The van der Waals surface area contributed by atoms with Crippen molar-refractivity contribution >= 4 is 6.16 Å². The van der Waals surface area contributed by atoms with Gasteiger partial charge in [0.1, 0.15) is 11.5 Å². The van der Waals surface area contributed by atoms with E-state index < -0.39 is 6.16 Å². The highest BCUT2D eigenvalue weighted by Gasteiger charge is 2.09. The second-order valence-electron chi connectivity index (χ2n) is 17.3. The summed E-state index contributed by atoms with van der Waals surface area (Å²) >= 11 is 0. The summed E-state index contributed by atoms with van der Waals surface area (Å²) in [6.45, 7) is 4.59. The first-order valence-electron chi connectivity index (χ1n) is 24.8. The van der Waals surface area contributed by atoms with Crippen molar-refractivity contribution in [2.45, 2.75) is 258 Å². The molecule has 0 saturated carbocycles. The lowest BCUT2D eigenvalue weighted by Gasteiger charge is -2.08. The van der Waals surface area contributed by atoms with Crippen LogP contribution >= 0.6 is 0 Å². The number of rotatable bonds is 40. The molecule has 2 rings (SSSR count). The molecular formula is C53H90O3. The summed E-state index contributed by atoms with van der Waals surface area (Å²) < 4.78 is 10.9. The van der Waals surface area contributed by atoms with Gasteiger partial charge < -0.3 is 9.47 Å². The average Bonchev–Trinajstić information content (AvgIpc) is 3.21. The zero-order chi connectivity index (χ0) is 39.8. The van der Waals surface area contributed by atoms with E-state index in [1.165, 1.54) is 242 Å². The van der Waals surface area contributed by atoms with Gasteiger partial charge in [-0.3, -0.25) is 0 Å². The van der Waals surface area contributed by atoms with Crippen LogP contribution in [0, 0.1) is 0 Å². The van der Waals surface area contributed by atoms with Crippen molar-refractivity contribution in [3.05, 3.63) is 59.7 Å². The molecular weight excluding hydrogens is 685 g/mol. The third kappa shape index (κ3) is 30.8. The molecule has 0 N–H and O–H groups in total. The third-order valence-electron chi connectivity index (χ3n) is 11.9. The molecule has 0 spiro atoms. The van der Waals surface area contributed by atoms with E-state index >= 15 is 0 Å². The van der Waals surface area contributed by atoms with Gasteiger partial charge in [0.15, 0.2) is 0 Å². The van der Waals surface area contributed by atoms with Crippen molar-refractivity contribution in [1.29, 1.82) is 0 Å². The summed E-state index contributed by atoms with van der Waals surface area (Å²) in [6.07, 6.45) is 51.9. The van der Waals surface area contributed by atoms with Crippen molar-refractivity contribution in [2.24, 2.45) is 0 Å². The zero-order valence-electron chi connectivity index (χ0n) is 37.2. The summed E-state index contributed by atoms with van der Waals surface area (Å²) in [5, 5.41) is 0. The maximum atomic E-state index is 12.4. The van der Waals surface area contributed by atoms with E-state index in [0.717, 1.165) is 12.8 Å². The number of ether oxygens (including phenoxy) is 2. The molecule has 0 amide bonds. The van der Waals surface area contributed by atoms with E-state index in [0.29, 0.717) is 11.5 Å². The van der Waals surface area contributed by atoms with Crippen molar-refractivity contribution in [2.75, 3.05) is 0 Å². The second kappa shape index (κ2) is 38.2. The highest BCUT2D eigenvalue weighted by atomic mass is 16.7. The Morgan fingerprint density at radius 2 is 0.500 bits per heavy atom. The van der Waals surface area contributed by atoms with E-state index in [1.54, 1.807) is 0 Å². The minimum Gasteiger partial charge on any atom is -0.395 e. The fourth-order valence-electron chi connectivity index (χ4n) is 8.12. The molecule has 0 aliphatic rings. The van der Waals surface area contributed by atoms with Gasteiger partial charge in [0.05, 0.1) is 0 Å². The number of carbonyl (C=O) groups excluding carboxylic acids is 1. The van der Waals surface area contributed by atoms with Gasteiger partial charge >= 0.3 is 6.16 Å². The Balaban J connectivity index is 1.37. The van der Waals surface area contributed by atoms with Gasteiger partial charge in [-0.15, -0.1) is 0 Å². The monoisotopic (exact) mass is 775 g/mol. The van der Waals surface area contributed by atoms with Crippen LogP contribution in [-0.4, -0.2) is 6.16 Å². The summed E-state index contributed by atoms with van der Waals surface area (Å²) in [6, 6.07) is 15.8. The molecule has 0 saturated heterocycles. The zero-order valence-corrected chi connectivity index (χ0v) is 37.2. The van der Waals surface area contributed by atoms with E-state index in [4.69, 9.17) is 9.47 Å². The predicted molar refractivity (Wildman–Crippen MR) is 245 cm³/mol. The standard InChI is InChI=1S/C53H90O3/c1-3-5-7-9-11-13-15-17-19-21-23-25-27-29-31-33-35-37-39-49-41-45-51(46-42-49)55-53(54)56-52-47-43-50(44-48-52)40-38-36-34-32-30-28-26-24-22-20-18-16-14-12-10-8-6-4-2/h41-48H,3-40H2,1-2H3. The molecule has 0 atom stereocenters. The lowest BCUT2D eigenvalue weighted by Crippen LogP contribution is -2.13. The van der Waals surface area contributed by atoms with Crippen LogP contribution < -0.4 is 9.47 Å². The Morgan fingerprint density at radius 3 is 0.714 bits per heavy atom. The van der Waals surface area contributed by atoms with Crippen molar-refractivity contribution < 1.29 is 14.3 Å². The van der Waals surface area contributed by atoms with Gasteiger partial charge in [-0.1, -0.05) is 256 Å². The average molecular weight is 775 g/mol. The molecule has 56 heavy (non-hydrogen) atoms. The molecule has 0 bridgehead atoms. The fraction of sp³-hybridized carbons (Fsp3) is 0.755. The van der Waals surface area contributed by atoms with E-state index in [2.05, 4.69) is 38.1 Å². The van der Waals surface area contributed by atoms with Crippen LogP contribution in [0.15, 0.2) is 48.5 Å². The number of aryl methyl sites for hydroxylation is 2. The van der Waals surface area contributed by atoms with E-state index in [-0.39, 0.29) is 0 Å². The first-order valence-corrected chi connectivity index (χ1v) is 24.8. The molecule has 2 aromatic rings. The van der Waals surface area contributed by atoms with Crippen molar-refractivity contribution in [3.8, 4) is 11.5 Å². The molecule has 0 heterocycles. The van der Waals surface area contributed by atoms with Gasteiger partial charge in [-0.25, -0.2) is 4.79 Å². The molecule has 0 aromatic heterocycles. The Hall–Kier alpha value is -2.29. The van der Waals surface area contributed by atoms with Gasteiger partial charge in [-0.05, 0) is 61.1 Å². The summed E-state index contributed by atoms with van der Waals surface area (Å²) in [5.74, 6) is 1.06. The highest BCUT2D eigenvalue weighted by molar-refractivity contribution is 5.67. The lowest BCUT2D eigenvalue weighted by molar-refractivity contribution is 0.152. The fourth-order valence-corrected chi connectivity index (χ4v) is 8.12. The maximum Gasteiger partial charge on any atom is 0.519 e. The van der Waals surface area contributed by atoms with Gasteiger partial charge in [0.25, 0.3) is 0 Å². The Morgan fingerprint density at radius 1 is 0.304 bits per heavy atom. The van der Waals surface area contributed by atoms with Crippen LogP contribution in [0.5, 0.6) is 11.5 Å². The topological polar surface area (TPSA) is 35.5 Å². The molecule has 0 unspecified atom stereocenters. The van der Waals surface area contributed by atoms with Gasteiger partial charge in [0, 0.05) is 0 Å². The quantitative estimate of drug-likeness (QED) is 0.0384. The summed E-state index contributed by atoms with van der Waals surface area (Å²) in [5.41, 5.74) is 2.60. The summed E-state index contributed by atoms with van der Waals surface area (Å²) in [4.78, 5) is 12.4. The van der Waals surface area contributed by atoms with Crippen molar-refractivity contribution in [3.63, 3.8) is 0 Å². The van der Waals surface area contributed by atoms with Crippen molar-refractivity contribution in [1.82, 2.24) is 0 Å². The molecule has 0 aliphatic heterocycles. The van der Waals surface area contributed by atoms with Gasteiger partial charge in [-0.2, -0.15) is 0 Å². The SMILES string of the molecule is CCCCCCCCCCCCCCCCCCCCc1ccc(OC(=O)Oc2ccc(CCCCCCCCCCCCCCCCCCCC)cc2)cc1. The largest absolute Gasteiger partial charge is 0.519 e. The van der Waals surface area contributed by atoms with Crippen LogP contribution in [0.25, 0.3) is 0 Å². The van der Waals surface area contributed by atoms with Gasteiger partial charge in [0.2, 0.25) is 0 Å². The van der Waals surface area contributed by atoms with E-state index in [9.17, 15) is 4.79 Å². The predicted octanol–water partition coefficient (Wildman–Crippen LogP) is 18.4. The maximum absolute atomic E-state index is 12.4. The van der Waals surface area contributed by atoms with Crippen LogP contribution in [-0.2, 0) is 12.8 Å². The normalized spacial score (nSPS) is 11.3. The molecule has 0 aliphatic carbocycles. The molecule has 3 nitrogen and oxygen atoms in total. The van der Waals surface area contributed by atoms with Crippen LogP contribution in [0.2, 0.25) is 0 Å². The Bertz CT molecular complexity index is 1020. The number of benzene rings is 2. The summed E-state index contributed by atoms with van der Waals surface area (Å²) in [7, 11) is 0. The minimum atomic E-state index is -0.683. The molecule has 0 radical (unpaired) electrons. The molecule has 2 aromatic carbocycles. The second-order valence-corrected chi connectivity index (χ2v) is 17.3. The van der Waals surface area contributed by atoms with Crippen LogP contribution in [0.4, 0.5) is 4.79 Å². The van der Waals surface area contributed by atoms with E-state index in [1.807, 2.05) is 24.3 Å². The van der Waals surface area contributed by atoms with Crippen LogP contribution in [0.1, 0.15) is 256 Å². The minimum absolute atomic E-state index is 0.530. The number of hydrogen-bond acceptors (Lipinski definition) is 3. The third-order valence-corrected chi connectivity index (χ3v) is 11.9. The lowest BCUT2D eigenvalue weighted by atomic mass is 10.0. The molecule has 3 heteroatoms.